The highest BCUT2D eigenvalue weighted by Crippen LogP contribution is 2.35. The zero-order valence-electron chi connectivity index (χ0n) is 30.1. The number of carbonyl (C=O) groups is 1. The number of hydrogen-bond donors (Lipinski definition) is 3. The molecule has 0 aliphatic carbocycles. The highest BCUT2D eigenvalue weighted by atomic mass is 19.4. The number of halogens is 3. The third-order valence-electron chi connectivity index (χ3n) is 10.9. The Labute approximate surface area is 305 Å². The lowest BCUT2D eigenvalue weighted by atomic mass is 9.98. The van der Waals surface area contributed by atoms with E-state index < -0.39 is 12.7 Å². The number of fused-ring (bicyclic) bond motifs is 2. The fourth-order valence-electron chi connectivity index (χ4n) is 8.00. The number of hydrogen-bond acceptors (Lipinski definition) is 8. The number of pyridine rings is 3. The number of benzene rings is 1. The number of carbonyl (C=O) groups excluding carboxylic acids is 1. The molecule has 1 atom stereocenters. The number of anilines is 1. The maximum atomic E-state index is 14.2. The number of nitrogens with zero attached hydrogens (tertiary/aromatic N) is 6. The minimum atomic E-state index is -4.25. The Morgan fingerprint density at radius 3 is 2.42 bits per heavy atom. The predicted octanol–water partition coefficient (Wildman–Crippen LogP) is 6.63. The van der Waals surface area contributed by atoms with Crippen LogP contribution in [0.3, 0.4) is 0 Å². The van der Waals surface area contributed by atoms with Crippen molar-refractivity contribution in [1.82, 2.24) is 29.5 Å². The largest absolute Gasteiger partial charge is 0.401 e. The van der Waals surface area contributed by atoms with Gasteiger partial charge in [-0.05, 0) is 68.8 Å². The topological polar surface area (TPSA) is 125 Å². The van der Waals surface area contributed by atoms with E-state index in [4.69, 9.17) is 10.5 Å². The maximum Gasteiger partial charge on any atom is 0.401 e. The van der Waals surface area contributed by atoms with Crippen LogP contribution in [0.15, 0.2) is 70.8 Å². The molecule has 2 saturated heterocycles. The summed E-state index contributed by atoms with van der Waals surface area (Å²) in [4.78, 5) is 40.7. The van der Waals surface area contributed by atoms with Gasteiger partial charge in [0.25, 0.3) is 11.5 Å². The molecule has 2 aliphatic heterocycles. The van der Waals surface area contributed by atoms with Crippen LogP contribution in [0.5, 0.6) is 0 Å². The van der Waals surface area contributed by atoms with Crippen LogP contribution in [-0.2, 0) is 6.54 Å². The summed E-state index contributed by atoms with van der Waals surface area (Å²) in [6.45, 7) is 7.92. The second-order valence-corrected chi connectivity index (χ2v) is 14.2. The summed E-state index contributed by atoms with van der Waals surface area (Å²) < 4.78 is 41.5. The average molecular weight is 728 g/mol. The van der Waals surface area contributed by atoms with Crippen LogP contribution in [0, 0.1) is 19.4 Å². The van der Waals surface area contributed by atoms with Gasteiger partial charge in [0.1, 0.15) is 5.82 Å². The predicted molar refractivity (Wildman–Crippen MR) is 199 cm³/mol. The number of alkyl halides is 3. The van der Waals surface area contributed by atoms with E-state index in [1.165, 1.54) is 4.90 Å². The maximum absolute atomic E-state index is 14.2. The third-order valence-corrected chi connectivity index (χ3v) is 10.9. The quantitative estimate of drug-likeness (QED) is 0.147. The van der Waals surface area contributed by atoms with Crippen LogP contribution in [0.4, 0.5) is 19.0 Å². The average Bonchev–Trinajstić information content (AvgIpc) is 3.57. The number of nitrogens with one attached hydrogen (secondary N) is 3. The molecule has 1 aromatic carbocycles. The second kappa shape index (κ2) is 14.7. The van der Waals surface area contributed by atoms with E-state index >= 15 is 0 Å². The highest BCUT2D eigenvalue weighted by molar-refractivity contribution is 5.99. The number of aromatic nitrogens is 3. The van der Waals surface area contributed by atoms with Gasteiger partial charge in [0, 0.05) is 103 Å². The van der Waals surface area contributed by atoms with E-state index in [1.807, 2.05) is 81.7 Å². The summed E-state index contributed by atoms with van der Waals surface area (Å²) in [6, 6.07) is 15.3. The lowest BCUT2D eigenvalue weighted by Gasteiger charge is -2.39. The molecule has 53 heavy (non-hydrogen) atoms. The van der Waals surface area contributed by atoms with E-state index in [0.29, 0.717) is 24.2 Å². The molecule has 278 valence electrons. The van der Waals surface area contributed by atoms with Gasteiger partial charge in [0.05, 0.1) is 18.1 Å². The first-order valence-electron chi connectivity index (χ1n) is 18.1. The molecule has 3 N–H and O–H groups in total. The molecule has 1 unspecified atom stereocenters. The number of aryl methyl sites for hydroxylation is 1. The number of H-pyrrole nitrogens is 1. The molecule has 2 aliphatic rings. The van der Waals surface area contributed by atoms with Crippen molar-refractivity contribution in [2.24, 2.45) is 5.11 Å². The van der Waals surface area contributed by atoms with E-state index in [2.05, 4.69) is 29.6 Å². The first kappa shape index (κ1) is 36.3. The van der Waals surface area contributed by atoms with Crippen molar-refractivity contribution in [2.75, 3.05) is 50.7 Å². The number of amides is 1. The molecule has 1 amide bonds. The van der Waals surface area contributed by atoms with Gasteiger partial charge in [0.2, 0.25) is 0 Å². The number of piperidine rings is 1. The Morgan fingerprint density at radius 1 is 1.04 bits per heavy atom. The van der Waals surface area contributed by atoms with E-state index in [-0.39, 0.29) is 43.2 Å². The van der Waals surface area contributed by atoms with Gasteiger partial charge < -0.3 is 19.6 Å². The lowest BCUT2D eigenvalue weighted by Crippen LogP contribution is -2.49. The molecule has 0 bridgehead atoms. The number of rotatable bonds is 9. The van der Waals surface area contributed by atoms with Crippen LogP contribution in [0.25, 0.3) is 27.4 Å². The smallest absolute Gasteiger partial charge is 0.356 e. The Hall–Kier alpha value is -5.08. The summed E-state index contributed by atoms with van der Waals surface area (Å²) in [5.74, 6) is 0.523. The third kappa shape index (κ3) is 7.42. The second-order valence-electron chi connectivity index (χ2n) is 14.2. The standard InChI is InChI=1S/C39H44F3N9O2/c1-24-32(37(52)45-22-33-31-7-5-4-6-29(31)25(2)46-38(33)53)20-34-30(27-8-9-35(44-21-27)50-13-10-28(47-43)11-14-50)12-15-51(34)36(24)26(3)49-18-16-48(17-19-49)23-39(40,41)42/h4-9,12,15,20-21,26,28,43H,10-11,13-14,16-19,22-23H2,1-3H3,(H,45,52)(H,46,53). The zero-order valence-corrected chi connectivity index (χ0v) is 30.1. The van der Waals surface area contributed by atoms with Gasteiger partial charge in [-0.3, -0.25) is 19.4 Å². The fraction of sp³-hybridized carbons (Fsp3) is 0.410. The van der Waals surface area contributed by atoms with Crippen molar-refractivity contribution in [1.29, 1.82) is 5.53 Å². The van der Waals surface area contributed by atoms with Crippen molar-refractivity contribution in [3.8, 4) is 11.1 Å². The molecule has 6 heterocycles. The lowest BCUT2D eigenvalue weighted by molar-refractivity contribution is -0.149. The van der Waals surface area contributed by atoms with Crippen LogP contribution in [0.2, 0.25) is 0 Å². The molecule has 2 fully saturated rings. The first-order chi connectivity index (χ1) is 25.4. The Morgan fingerprint density at radius 2 is 1.75 bits per heavy atom. The summed E-state index contributed by atoms with van der Waals surface area (Å²) in [6.07, 6.45) is 1.19. The van der Waals surface area contributed by atoms with Crippen molar-refractivity contribution in [3.05, 3.63) is 99.4 Å². The molecular weight excluding hydrogens is 683 g/mol. The van der Waals surface area contributed by atoms with Crippen LogP contribution >= 0.6 is 0 Å². The first-order valence-corrected chi connectivity index (χ1v) is 18.1. The van der Waals surface area contributed by atoms with Gasteiger partial charge >= 0.3 is 6.18 Å². The molecule has 0 spiro atoms. The van der Waals surface area contributed by atoms with E-state index in [1.54, 1.807) is 0 Å². The van der Waals surface area contributed by atoms with Gasteiger partial charge in [-0.25, -0.2) is 10.5 Å². The Kier molecular flexibility index (Phi) is 10.1. The van der Waals surface area contributed by atoms with Gasteiger partial charge in [-0.1, -0.05) is 24.3 Å². The normalized spacial score (nSPS) is 17.1. The summed E-state index contributed by atoms with van der Waals surface area (Å²) >= 11 is 0. The molecule has 11 nitrogen and oxygen atoms in total. The molecule has 7 rings (SSSR count). The van der Waals surface area contributed by atoms with Crippen molar-refractivity contribution in [3.63, 3.8) is 0 Å². The number of aromatic amines is 1. The van der Waals surface area contributed by atoms with Crippen LogP contribution in [-0.4, -0.2) is 88.1 Å². The summed E-state index contributed by atoms with van der Waals surface area (Å²) in [5, 5.41) is 8.40. The van der Waals surface area contributed by atoms with Crippen molar-refractivity contribution < 1.29 is 18.0 Å². The summed E-state index contributed by atoms with van der Waals surface area (Å²) in [7, 11) is 0. The SMILES string of the molecule is Cc1c(C(=O)NCc2c(=O)[nH]c(C)c3ccccc23)cc2c(-c3ccc(N4CCC(N=N)CC4)nc3)ccn2c1C(C)N1CCN(CC(F)(F)F)CC1. The molecule has 14 heteroatoms. The molecule has 0 radical (unpaired) electrons. The minimum Gasteiger partial charge on any atom is -0.356 e. The Balaban J connectivity index is 1.23. The molecule has 5 aromatic rings. The monoisotopic (exact) mass is 727 g/mol. The molecule has 4 aromatic heterocycles. The molecule has 0 saturated carbocycles. The van der Waals surface area contributed by atoms with E-state index in [0.717, 1.165) is 76.1 Å². The Bertz CT molecular complexity index is 2200. The van der Waals surface area contributed by atoms with Crippen LogP contribution in [0.1, 0.15) is 58.7 Å². The summed E-state index contributed by atoms with van der Waals surface area (Å²) in [5.41, 5.74) is 12.9. The van der Waals surface area contributed by atoms with Gasteiger partial charge in [-0.2, -0.15) is 18.3 Å². The van der Waals surface area contributed by atoms with Gasteiger partial charge in [-0.15, -0.1) is 0 Å². The zero-order chi connectivity index (χ0) is 37.4. The molecular formula is C39H44F3N9O2. The highest BCUT2D eigenvalue weighted by Gasteiger charge is 2.34. The van der Waals surface area contributed by atoms with Gasteiger partial charge in [0.15, 0.2) is 0 Å². The van der Waals surface area contributed by atoms with E-state index in [9.17, 15) is 22.8 Å². The minimum absolute atomic E-state index is 0.0258. The number of piperazine rings is 1. The van der Waals surface area contributed by atoms with Crippen molar-refractivity contribution in [2.45, 2.75) is 58.4 Å². The van der Waals surface area contributed by atoms with Crippen LogP contribution < -0.4 is 15.8 Å². The van der Waals surface area contributed by atoms with Crippen molar-refractivity contribution >= 4 is 28.0 Å². The fourth-order valence-corrected chi connectivity index (χ4v) is 8.00.